The minimum Gasteiger partial charge on any atom is -0.493 e. The molecule has 0 aromatic heterocycles. The largest absolute Gasteiger partial charge is 0.493 e. The Morgan fingerprint density at radius 3 is 1.78 bits per heavy atom. The van der Waals surface area contributed by atoms with Gasteiger partial charge in [0.2, 0.25) is 5.91 Å². The van der Waals surface area contributed by atoms with Crippen LogP contribution in [0.1, 0.15) is 69.2 Å². The summed E-state index contributed by atoms with van der Waals surface area (Å²) in [6.45, 7) is 8.15. The monoisotopic (exact) mass is 576 g/mol. The Labute approximate surface area is 239 Å². The second-order valence-corrected chi connectivity index (χ2v) is 11.1. The van der Waals surface area contributed by atoms with Crippen molar-refractivity contribution in [2.45, 2.75) is 78.7 Å². The summed E-state index contributed by atoms with van der Waals surface area (Å²) >= 11 is 0. The first-order chi connectivity index (χ1) is 19.5. The minimum absolute atomic E-state index is 0.0200. The maximum absolute atomic E-state index is 15.5. The Morgan fingerprint density at radius 1 is 0.829 bits per heavy atom. The highest BCUT2D eigenvalue weighted by Crippen LogP contribution is 2.40. The van der Waals surface area contributed by atoms with Crippen LogP contribution in [0.3, 0.4) is 0 Å². The smallest absolute Gasteiger partial charge is 0.410 e. The van der Waals surface area contributed by atoms with Gasteiger partial charge in [0.05, 0.1) is 34.0 Å². The lowest BCUT2D eigenvalue weighted by molar-refractivity contribution is -0.131. The van der Waals surface area contributed by atoms with Gasteiger partial charge in [0, 0.05) is 43.6 Å². The second-order valence-electron chi connectivity index (χ2n) is 11.1. The number of carbonyl (C=O) groups excluding carboxylic acids is 2. The molecule has 4 rings (SSSR count). The summed E-state index contributed by atoms with van der Waals surface area (Å²) in [6.07, 6.45) is 0.916. The van der Waals surface area contributed by atoms with E-state index in [1.54, 1.807) is 37.8 Å². The molecule has 0 spiro atoms. The zero-order chi connectivity index (χ0) is 29.9. The van der Waals surface area contributed by atoms with E-state index in [1.807, 2.05) is 6.92 Å². The zero-order valence-corrected chi connectivity index (χ0v) is 24.5. The first-order valence-corrected chi connectivity index (χ1v) is 13.7. The molecule has 0 bridgehead atoms. The molecule has 0 saturated carbocycles. The van der Waals surface area contributed by atoms with E-state index in [1.165, 1.54) is 19.1 Å². The molecule has 224 valence electrons. The van der Waals surface area contributed by atoms with Crippen LogP contribution in [-0.4, -0.2) is 54.8 Å². The van der Waals surface area contributed by atoms with Crippen molar-refractivity contribution in [3.05, 3.63) is 46.0 Å². The van der Waals surface area contributed by atoms with Crippen LogP contribution in [0, 0.1) is 11.6 Å². The van der Waals surface area contributed by atoms with E-state index < -0.39 is 23.3 Å². The molecule has 2 aromatic rings. The molecule has 0 fully saturated rings. The van der Waals surface area contributed by atoms with Gasteiger partial charge in [0.1, 0.15) is 5.60 Å². The molecule has 2 aliphatic heterocycles. The molecule has 2 heterocycles. The Morgan fingerprint density at radius 2 is 1.32 bits per heavy atom. The maximum Gasteiger partial charge on any atom is 0.410 e. The number of amides is 2. The number of rotatable bonds is 10. The highest BCUT2D eigenvalue weighted by molar-refractivity contribution is 5.77. The molecule has 0 atom stereocenters. The first-order valence-electron chi connectivity index (χ1n) is 13.7. The standard InChI is InChI=1S/C30H38F2N2O7/c1-7-9-24(35)33-14-18-12-22(37-5)27(25(31)20(18)16-33)39-10-8-11-40-28-23(38-6)13-19-15-34(17-21(19)26(28)32)29(36)41-30(2,3)4/h12-13H,7-11,14-17H2,1-6H3. The lowest BCUT2D eigenvalue weighted by Crippen LogP contribution is -2.33. The van der Waals surface area contributed by atoms with Gasteiger partial charge in [-0.1, -0.05) is 6.92 Å². The molecule has 11 heteroatoms. The van der Waals surface area contributed by atoms with Gasteiger partial charge in [-0.25, -0.2) is 13.6 Å². The predicted octanol–water partition coefficient (Wildman–Crippen LogP) is 5.72. The number of methoxy groups -OCH3 is 2. The Bertz CT molecular complexity index is 1310. The molecule has 0 radical (unpaired) electrons. The molecule has 2 amide bonds. The van der Waals surface area contributed by atoms with E-state index in [-0.39, 0.29) is 61.8 Å². The third kappa shape index (κ3) is 6.60. The van der Waals surface area contributed by atoms with Crippen molar-refractivity contribution >= 4 is 12.0 Å². The second kappa shape index (κ2) is 12.4. The topological polar surface area (TPSA) is 86.8 Å². The fourth-order valence-corrected chi connectivity index (χ4v) is 4.91. The van der Waals surface area contributed by atoms with Crippen molar-refractivity contribution in [3.63, 3.8) is 0 Å². The van der Waals surface area contributed by atoms with Gasteiger partial charge in [-0.15, -0.1) is 0 Å². The fraction of sp³-hybridized carbons (Fsp3) is 0.533. The third-order valence-corrected chi connectivity index (χ3v) is 6.87. The van der Waals surface area contributed by atoms with Gasteiger partial charge >= 0.3 is 6.09 Å². The minimum atomic E-state index is -0.667. The Balaban J connectivity index is 1.38. The van der Waals surface area contributed by atoms with Crippen LogP contribution >= 0.6 is 0 Å². The molecule has 9 nitrogen and oxygen atoms in total. The predicted molar refractivity (Wildman–Crippen MR) is 146 cm³/mol. The normalized spacial score (nSPS) is 14.0. The van der Waals surface area contributed by atoms with Crippen molar-refractivity contribution in [2.75, 3.05) is 27.4 Å². The third-order valence-electron chi connectivity index (χ3n) is 6.87. The molecule has 0 unspecified atom stereocenters. The van der Waals surface area contributed by atoms with Crippen LogP contribution in [0.15, 0.2) is 12.1 Å². The molecule has 2 aliphatic rings. The average molecular weight is 577 g/mol. The zero-order valence-electron chi connectivity index (χ0n) is 24.5. The SMILES string of the molecule is CCCC(=O)N1Cc2cc(OC)c(OCCCOc3c(OC)cc4c(c3F)CN(C(=O)OC(C)(C)C)C4)c(F)c2C1. The Kier molecular flexibility index (Phi) is 9.14. The van der Waals surface area contributed by atoms with E-state index in [2.05, 4.69) is 0 Å². The molecule has 0 N–H and O–H groups in total. The number of ether oxygens (including phenoxy) is 5. The van der Waals surface area contributed by atoms with E-state index in [4.69, 9.17) is 23.7 Å². The van der Waals surface area contributed by atoms with Crippen LogP contribution in [0.25, 0.3) is 0 Å². The van der Waals surface area contributed by atoms with Crippen LogP contribution in [0.4, 0.5) is 13.6 Å². The van der Waals surface area contributed by atoms with Crippen molar-refractivity contribution in [1.29, 1.82) is 0 Å². The summed E-state index contributed by atoms with van der Waals surface area (Å²) in [5.74, 6) is -0.800. The van der Waals surface area contributed by atoms with Crippen LogP contribution in [0.2, 0.25) is 0 Å². The van der Waals surface area contributed by atoms with Crippen LogP contribution in [0.5, 0.6) is 23.0 Å². The van der Waals surface area contributed by atoms with Gasteiger partial charge in [0.15, 0.2) is 34.6 Å². The van der Waals surface area contributed by atoms with Gasteiger partial charge < -0.3 is 28.6 Å². The van der Waals surface area contributed by atoms with E-state index in [0.717, 1.165) is 6.42 Å². The lowest BCUT2D eigenvalue weighted by Gasteiger charge is -2.24. The molecule has 2 aromatic carbocycles. The van der Waals surface area contributed by atoms with Crippen LogP contribution in [-0.2, 0) is 35.7 Å². The summed E-state index contributed by atoms with van der Waals surface area (Å²) in [6, 6.07) is 3.36. The molecule has 0 aliphatic carbocycles. The van der Waals surface area contributed by atoms with Crippen molar-refractivity contribution < 1.29 is 42.1 Å². The van der Waals surface area contributed by atoms with E-state index >= 15 is 8.78 Å². The number of benzene rings is 2. The summed E-state index contributed by atoms with van der Waals surface area (Å²) in [7, 11) is 2.84. The summed E-state index contributed by atoms with van der Waals surface area (Å²) in [5, 5.41) is 0. The van der Waals surface area contributed by atoms with Gasteiger partial charge in [-0.2, -0.15) is 0 Å². The fourth-order valence-electron chi connectivity index (χ4n) is 4.91. The number of carbonyl (C=O) groups is 2. The highest BCUT2D eigenvalue weighted by Gasteiger charge is 2.33. The van der Waals surface area contributed by atoms with E-state index in [9.17, 15) is 9.59 Å². The summed E-state index contributed by atoms with van der Waals surface area (Å²) in [4.78, 5) is 27.9. The highest BCUT2D eigenvalue weighted by atomic mass is 19.1. The lowest BCUT2D eigenvalue weighted by atomic mass is 10.1. The Hall–Kier alpha value is -3.76. The summed E-state index contributed by atoms with van der Waals surface area (Å²) < 4.78 is 58.5. The van der Waals surface area contributed by atoms with Crippen molar-refractivity contribution in [2.24, 2.45) is 0 Å². The van der Waals surface area contributed by atoms with Gasteiger partial charge in [-0.3, -0.25) is 9.69 Å². The molecule has 41 heavy (non-hydrogen) atoms. The van der Waals surface area contributed by atoms with E-state index in [0.29, 0.717) is 41.6 Å². The molecular formula is C30H38F2N2O7. The number of hydrogen-bond acceptors (Lipinski definition) is 7. The van der Waals surface area contributed by atoms with Gasteiger partial charge in [0.25, 0.3) is 0 Å². The number of hydrogen-bond donors (Lipinski definition) is 0. The maximum atomic E-state index is 15.5. The van der Waals surface area contributed by atoms with Crippen molar-refractivity contribution in [3.8, 4) is 23.0 Å². The number of nitrogens with zero attached hydrogens (tertiary/aromatic N) is 2. The molecular weight excluding hydrogens is 538 g/mol. The molecule has 0 saturated heterocycles. The van der Waals surface area contributed by atoms with Crippen LogP contribution < -0.4 is 18.9 Å². The average Bonchev–Trinajstić information content (AvgIpc) is 3.54. The summed E-state index contributed by atoms with van der Waals surface area (Å²) in [5.41, 5.74) is 1.42. The van der Waals surface area contributed by atoms with Crippen molar-refractivity contribution in [1.82, 2.24) is 9.80 Å². The first kappa shape index (κ1) is 30.2. The number of fused-ring (bicyclic) bond motifs is 2. The number of halogens is 2. The quantitative estimate of drug-likeness (QED) is 0.334. The van der Waals surface area contributed by atoms with Gasteiger partial charge in [-0.05, 0) is 50.5 Å².